The van der Waals surface area contributed by atoms with Gasteiger partial charge in [0.05, 0.1) is 11.8 Å². The van der Waals surface area contributed by atoms with Crippen molar-refractivity contribution < 1.29 is 14.7 Å². The molecular weight excluding hydrogens is 242 g/mol. The zero-order valence-electron chi connectivity index (χ0n) is 11.4. The van der Waals surface area contributed by atoms with Crippen LogP contribution in [0.1, 0.15) is 25.0 Å². The largest absolute Gasteiger partial charge is 0.481 e. The van der Waals surface area contributed by atoms with Crippen LogP contribution in [-0.2, 0) is 16.1 Å². The third-order valence-corrected chi connectivity index (χ3v) is 3.96. The molecule has 1 saturated carbocycles. The van der Waals surface area contributed by atoms with Gasteiger partial charge >= 0.3 is 5.97 Å². The fraction of sp³-hybridized carbons (Fsp3) is 0.467. The molecule has 0 heterocycles. The summed E-state index contributed by atoms with van der Waals surface area (Å²) < 4.78 is 0. The first-order chi connectivity index (χ1) is 8.84. The molecule has 1 amide bonds. The van der Waals surface area contributed by atoms with E-state index in [1.807, 2.05) is 45.0 Å². The Hall–Kier alpha value is -1.84. The van der Waals surface area contributed by atoms with Gasteiger partial charge in [0.1, 0.15) is 0 Å². The number of aryl methyl sites for hydroxylation is 1. The molecule has 0 unspecified atom stereocenters. The van der Waals surface area contributed by atoms with E-state index in [-0.39, 0.29) is 5.91 Å². The molecule has 4 heteroatoms. The van der Waals surface area contributed by atoms with E-state index in [4.69, 9.17) is 5.11 Å². The second kappa shape index (κ2) is 4.68. The van der Waals surface area contributed by atoms with E-state index in [0.29, 0.717) is 6.54 Å². The molecular formula is C15H19NO3. The van der Waals surface area contributed by atoms with Crippen LogP contribution in [-0.4, -0.2) is 17.0 Å². The van der Waals surface area contributed by atoms with E-state index in [0.717, 1.165) is 5.56 Å². The Kier molecular flexibility index (Phi) is 3.35. The molecule has 0 aliphatic heterocycles. The zero-order valence-corrected chi connectivity index (χ0v) is 11.4. The topological polar surface area (TPSA) is 66.4 Å². The Balaban J connectivity index is 1.93. The molecule has 4 nitrogen and oxygen atoms in total. The van der Waals surface area contributed by atoms with Crippen LogP contribution in [0, 0.1) is 24.2 Å². The first-order valence-corrected chi connectivity index (χ1v) is 6.40. The van der Waals surface area contributed by atoms with Crippen molar-refractivity contribution in [3.8, 4) is 0 Å². The van der Waals surface area contributed by atoms with Gasteiger partial charge in [-0.3, -0.25) is 9.59 Å². The lowest BCUT2D eigenvalue weighted by molar-refractivity contribution is -0.140. The van der Waals surface area contributed by atoms with Crippen molar-refractivity contribution in [3.63, 3.8) is 0 Å². The van der Waals surface area contributed by atoms with Crippen molar-refractivity contribution in [2.24, 2.45) is 17.3 Å². The molecule has 1 aliphatic carbocycles. The number of carbonyl (C=O) groups excluding carboxylic acids is 1. The average Bonchev–Trinajstić information content (AvgIpc) is 2.91. The van der Waals surface area contributed by atoms with E-state index in [2.05, 4.69) is 5.32 Å². The van der Waals surface area contributed by atoms with Gasteiger partial charge in [-0.1, -0.05) is 43.7 Å². The number of rotatable bonds is 4. The predicted molar refractivity (Wildman–Crippen MR) is 71.4 cm³/mol. The number of aliphatic carboxylic acids is 1. The fourth-order valence-corrected chi connectivity index (χ4v) is 2.59. The maximum Gasteiger partial charge on any atom is 0.307 e. The van der Waals surface area contributed by atoms with Gasteiger partial charge in [-0.15, -0.1) is 0 Å². The zero-order chi connectivity index (χ0) is 14.2. The van der Waals surface area contributed by atoms with Crippen LogP contribution in [0.15, 0.2) is 24.3 Å². The van der Waals surface area contributed by atoms with E-state index in [1.54, 1.807) is 0 Å². The van der Waals surface area contributed by atoms with E-state index < -0.39 is 23.2 Å². The molecule has 0 radical (unpaired) electrons. The van der Waals surface area contributed by atoms with Gasteiger partial charge in [-0.2, -0.15) is 0 Å². The van der Waals surface area contributed by atoms with Gasteiger partial charge in [0.25, 0.3) is 0 Å². The Labute approximate surface area is 112 Å². The van der Waals surface area contributed by atoms with Crippen molar-refractivity contribution >= 4 is 11.9 Å². The number of hydrogen-bond donors (Lipinski definition) is 2. The number of carboxylic acids is 1. The van der Waals surface area contributed by atoms with E-state index in [1.165, 1.54) is 5.56 Å². The minimum absolute atomic E-state index is 0.169. The van der Waals surface area contributed by atoms with Crippen molar-refractivity contribution in [1.29, 1.82) is 0 Å². The number of hydrogen-bond acceptors (Lipinski definition) is 2. The van der Waals surface area contributed by atoms with Crippen LogP contribution in [0.25, 0.3) is 0 Å². The summed E-state index contributed by atoms with van der Waals surface area (Å²) >= 11 is 0. The molecule has 19 heavy (non-hydrogen) atoms. The molecule has 0 saturated heterocycles. The van der Waals surface area contributed by atoms with Gasteiger partial charge in [0.2, 0.25) is 5.91 Å². The lowest BCUT2D eigenvalue weighted by Gasteiger charge is -2.06. The average molecular weight is 261 g/mol. The van der Waals surface area contributed by atoms with Crippen LogP contribution in [0.5, 0.6) is 0 Å². The Morgan fingerprint density at radius 3 is 2.26 bits per heavy atom. The SMILES string of the molecule is Cc1ccc(CNC(=O)[C@H]2[C@@H](C(=O)O)C2(C)C)cc1. The molecule has 2 rings (SSSR count). The predicted octanol–water partition coefficient (Wildman–Crippen LogP) is 1.97. The Morgan fingerprint density at radius 1 is 1.21 bits per heavy atom. The number of nitrogens with one attached hydrogen (secondary N) is 1. The molecule has 2 atom stereocenters. The van der Waals surface area contributed by atoms with E-state index in [9.17, 15) is 9.59 Å². The number of amides is 1. The van der Waals surface area contributed by atoms with Crippen LogP contribution < -0.4 is 5.32 Å². The lowest BCUT2D eigenvalue weighted by Crippen LogP contribution is -2.26. The van der Waals surface area contributed by atoms with Crippen molar-refractivity contribution in [2.75, 3.05) is 0 Å². The molecule has 1 aromatic rings. The smallest absolute Gasteiger partial charge is 0.307 e. The third-order valence-electron chi connectivity index (χ3n) is 3.96. The van der Waals surface area contributed by atoms with Gasteiger partial charge in [-0.25, -0.2) is 0 Å². The molecule has 0 bridgehead atoms. The lowest BCUT2D eigenvalue weighted by atomic mass is 10.1. The van der Waals surface area contributed by atoms with Crippen molar-refractivity contribution in [2.45, 2.75) is 27.3 Å². The summed E-state index contributed by atoms with van der Waals surface area (Å²) in [6.07, 6.45) is 0. The number of benzene rings is 1. The van der Waals surface area contributed by atoms with Gasteiger partial charge < -0.3 is 10.4 Å². The highest BCUT2D eigenvalue weighted by Crippen LogP contribution is 2.58. The normalized spacial score (nSPS) is 23.7. The van der Waals surface area contributed by atoms with Crippen LogP contribution in [0.3, 0.4) is 0 Å². The summed E-state index contributed by atoms with van der Waals surface area (Å²) in [5, 5.41) is 11.9. The molecule has 2 N–H and O–H groups in total. The van der Waals surface area contributed by atoms with Gasteiger partial charge in [0, 0.05) is 6.54 Å². The minimum Gasteiger partial charge on any atom is -0.481 e. The minimum atomic E-state index is -0.888. The molecule has 1 fully saturated rings. The first-order valence-electron chi connectivity index (χ1n) is 6.40. The maximum absolute atomic E-state index is 12.0. The molecule has 102 valence electrons. The molecule has 1 aromatic carbocycles. The second-order valence-electron chi connectivity index (χ2n) is 5.82. The van der Waals surface area contributed by atoms with Crippen molar-refractivity contribution in [1.82, 2.24) is 5.32 Å². The number of carbonyl (C=O) groups is 2. The van der Waals surface area contributed by atoms with Crippen molar-refractivity contribution in [3.05, 3.63) is 35.4 Å². The second-order valence-corrected chi connectivity index (χ2v) is 5.82. The summed E-state index contributed by atoms with van der Waals surface area (Å²) in [5.41, 5.74) is 1.75. The van der Waals surface area contributed by atoms with Gasteiger partial charge in [-0.05, 0) is 17.9 Å². The first kappa shape index (κ1) is 13.6. The summed E-state index contributed by atoms with van der Waals surface area (Å²) in [6.45, 7) is 6.09. The highest BCUT2D eigenvalue weighted by atomic mass is 16.4. The highest BCUT2D eigenvalue weighted by molar-refractivity contribution is 5.91. The molecule has 0 aromatic heterocycles. The van der Waals surface area contributed by atoms with Gasteiger partial charge in [0.15, 0.2) is 0 Å². The van der Waals surface area contributed by atoms with Crippen LogP contribution in [0.4, 0.5) is 0 Å². The molecule has 1 aliphatic rings. The maximum atomic E-state index is 12.0. The number of carboxylic acid groups (broad SMARTS) is 1. The third kappa shape index (κ3) is 2.62. The Morgan fingerprint density at radius 2 is 1.79 bits per heavy atom. The monoisotopic (exact) mass is 261 g/mol. The summed E-state index contributed by atoms with van der Waals surface area (Å²) in [5.74, 6) is -2.04. The quantitative estimate of drug-likeness (QED) is 0.870. The van der Waals surface area contributed by atoms with Crippen LogP contribution in [0.2, 0.25) is 0 Å². The highest BCUT2D eigenvalue weighted by Gasteiger charge is 2.65. The van der Waals surface area contributed by atoms with Crippen LogP contribution >= 0.6 is 0 Å². The summed E-state index contributed by atoms with van der Waals surface area (Å²) in [6, 6.07) is 7.90. The Bertz CT molecular complexity index is 505. The molecule has 0 spiro atoms. The summed E-state index contributed by atoms with van der Waals surface area (Å²) in [4.78, 5) is 23.0. The fourth-order valence-electron chi connectivity index (χ4n) is 2.59. The standard InChI is InChI=1S/C15H19NO3/c1-9-4-6-10(7-5-9)8-16-13(17)11-12(14(18)19)15(11,2)3/h4-7,11-12H,8H2,1-3H3,(H,16,17)(H,18,19)/t11-,12+/m1/s1. The summed E-state index contributed by atoms with van der Waals surface area (Å²) in [7, 11) is 0. The van der Waals surface area contributed by atoms with E-state index >= 15 is 0 Å².